The van der Waals surface area contributed by atoms with Crippen molar-refractivity contribution in [1.82, 2.24) is 10.3 Å². The molecule has 1 amide bonds. The van der Waals surface area contributed by atoms with Crippen molar-refractivity contribution in [1.29, 1.82) is 0 Å². The maximum Gasteiger partial charge on any atom is 0.303 e. The Hall–Kier alpha value is -1.43. The summed E-state index contributed by atoms with van der Waals surface area (Å²) >= 11 is 1.56. The van der Waals surface area contributed by atoms with E-state index in [0.717, 1.165) is 9.88 Å². The SMILES string of the molecule is Cc1cnc(CNC(=O)CCCCC(=O)O)s1. The Balaban J connectivity index is 2.11. The first-order valence-electron chi connectivity index (χ1n) is 5.47. The second-order valence-electron chi connectivity index (χ2n) is 3.74. The van der Waals surface area contributed by atoms with Gasteiger partial charge in [-0.3, -0.25) is 9.59 Å². The van der Waals surface area contributed by atoms with E-state index in [2.05, 4.69) is 10.3 Å². The first kappa shape index (κ1) is 13.6. The Labute approximate surface area is 104 Å². The van der Waals surface area contributed by atoms with Crippen molar-refractivity contribution in [3.05, 3.63) is 16.1 Å². The summed E-state index contributed by atoms with van der Waals surface area (Å²) in [6, 6.07) is 0. The van der Waals surface area contributed by atoms with Crippen LogP contribution in [0.5, 0.6) is 0 Å². The smallest absolute Gasteiger partial charge is 0.303 e. The molecule has 17 heavy (non-hydrogen) atoms. The Kier molecular flexibility index (Phi) is 5.62. The Morgan fingerprint density at radius 1 is 1.41 bits per heavy atom. The lowest BCUT2D eigenvalue weighted by Gasteiger charge is -2.02. The van der Waals surface area contributed by atoms with Crippen LogP contribution in [0, 0.1) is 6.92 Å². The fourth-order valence-electron chi connectivity index (χ4n) is 1.31. The maximum atomic E-state index is 11.4. The minimum Gasteiger partial charge on any atom is -0.481 e. The number of aromatic nitrogens is 1. The summed E-state index contributed by atoms with van der Waals surface area (Å²) in [4.78, 5) is 26.9. The fraction of sp³-hybridized carbons (Fsp3) is 0.545. The van der Waals surface area contributed by atoms with Crippen molar-refractivity contribution in [3.8, 4) is 0 Å². The van der Waals surface area contributed by atoms with Gasteiger partial charge >= 0.3 is 5.97 Å². The average Bonchev–Trinajstić information content (AvgIpc) is 2.67. The van der Waals surface area contributed by atoms with Gasteiger partial charge < -0.3 is 10.4 Å². The summed E-state index contributed by atoms with van der Waals surface area (Å²) < 4.78 is 0. The molecule has 0 radical (unpaired) electrons. The number of thiazole rings is 1. The first-order valence-corrected chi connectivity index (χ1v) is 6.29. The van der Waals surface area contributed by atoms with Crippen molar-refractivity contribution in [3.63, 3.8) is 0 Å². The van der Waals surface area contributed by atoms with E-state index in [-0.39, 0.29) is 12.3 Å². The highest BCUT2D eigenvalue weighted by Gasteiger charge is 2.04. The number of hydrogen-bond acceptors (Lipinski definition) is 4. The second kappa shape index (κ2) is 7.01. The molecule has 0 saturated heterocycles. The van der Waals surface area contributed by atoms with Crippen molar-refractivity contribution < 1.29 is 14.7 Å². The molecular weight excluding hydrogens is 240 g/mol. The summed E-state index contributed by atoms with van der Waals surface area (Å²) in [6.07, 6.45) is 3.42. The van der Waals surface area contributed by atoms with Crippen LogP contribution in [-0.4, -0.2) is 22.0 Å². The predicted molar refractivity (Wildman–Crippen MR) is 64.8 cm³/mol. The largest absolute Gasteiger partial charge is 0.481 e. The molecule has 0 atom stereocenters. The van der Waals surface area contributed by atoms with Gasteiger partial charge in [0.2, 0.25) is 5.91 Å². The van der Waals surface area contributed by atoms with Crippen LogP contribution in [-0.2, 0) is 16.1 Å². The molecule has 0 bridgehead atoms. The van der Waals surface area contributed by atoms with Crippen molar-refractivity contribution in [2.24, 2.45) is 0 Å². The third-order valence-electron chi connectivity index (χ3n) is 2.15. The highest BCUT2D eigenvalue weighted by Crippen LogP contribution is 2.10. The van der Waals surface area contributed by atoms with Gasteiger partial charge in [0.15, 0.2) is 0 Å². The molecule has 1 heterocycles. The Morgan fingerprint density at radius 2 is 2.12 bits per heavy atom. The minimum atomic E-state index is -0.816. The lowest BCUT2D eigenvalue weighted by molar-refractivity contribution is -0.137. The first-order chi connectivity index (χ1) is 8.08. The molecule has 0 unspecified atom stereocenters. The van der Waals surface area contributed by atoms with E-state index in [1.165, 1.54) is 0 Å². The van der Waals surface area contributed by atoms with Gasteiger partial charge in [0, 0.05) is 23.9 Å². The van der Waals surface area contributed by atoms with Gasteiger partial charge in [-0.2, -0.15) is 0 Å². The number of carboxylic acids is 1. The zero-order valence-corrected chi connectivity index (χ0v) is 10.5. The monoisotopic (exact) mass is 256 g/mol. The molecule has 6 heteroatoms. The molecule has 94 valence electrons. The normalized spacial score (nSPS) is 10.2. The van der Waals surface area contributed by atoms with E-state index in [4.69, 9.17) is 5.11 Å². The molecule has 1 aromatic heterocycles. The molecule has 0 aliphatic rings. The molecular formula is C11H16N2O3S. The van der Waals surface area contributed by atoms with E-state index in [1.807, 2.05) is 6.92 Å². The molecule has 0 aromatic carbocycles. The van der Waals surface area contributed by atoms with Crippen molar-refractivity contribution in [2.45, 2.75) is 39.2 Å². The number of amides is 1. The number of unbranched alkanes of at least 4 members (excludes halogenated alkanes) is 1. The van der Waals surface area contributed by atoms with Gasteiger partial charge in [0.25, 0.3) is 0 Å². The van der Waals surface area contributed by atoms with E-state index < -0.39 is 5.97 Å². The summed E-state index contributed by atoms with van der Waals surface area (Å²) in [6.45, 7) is 2.42. The fourth-order valence-corrected chi connectivity index (χ4v) is 2.03. The van der Waals surface area contributed by atoms with Crippen LogP contribution in [0.1, 0.15) is 35.6 Å². The molecule has 0 aliphatic carbocycles. The van der Waals surface area contributed by atoms with Gasteiger partial charge in [-0.1, -0.05) is 0 Å². The maximum absolute atomic E-state index is 11.4. The number of aryl methyl sites for hydroxylation is 1. The molecule has 0 aliphatic heterocycles. The van der Waals surface area contributed by atoms with E-state index in [1.54, 1.807) is 17.5 Å². The highest BCUT2D eigenvalue weighted by atomic mass is 32.1. The number of carbonyl (C=O) groups is 2. The number of hydrogen-bond donors (Lipinski definition) is 2. The molecule has 1 rings (SSSR count). The predicted octanol–water partition coefficient (Wildman–Crippen LogP) is 1.71. The quantitative estimate of drug-likeness (QED) is 0.728. The molecule has 0 spiro atoms. The standard InChI is InChI=1S/C11H16N2O3S/c1-8-6-13-10(17-8)7-12-9(14)4-2-3-5-11(15)16/h6H,2-5,7H2,1H3,(H,12,14)(H,15,16). The van der Waals surface area contributed by atoms with Gasteiger partial charge in [-0.15, -0.1) is 11.3 Å². The zero-order chi connectivity index (χ0) is 12.7. The average molecular weight is 256 g/mol. The van der Waals surface area contributed by atoms with E-state index in [0.29, 0.717) is 25.8 Å². The minimum absolute atomic E-state index is 0.0526. The van der Waals surface area contributed by atoms with Crippen molar-refractivity contribution in [2.75, 3.05) is 0 Å². The third kappa shape index (κ3) is 6.01. The Bertz CT molecular complexity index is 390. The lowest BCUT2D eigenvalue weighted by Crippen LogP contribution is -2.22. The van der Waals surface area contributed by atoms with Crippen LogP contribution in [0.25, 0.3) is 0 Å². The molecule has 1 aromatic rings. The van der Waals surface area contributed by atoms with Crippen LogP contribution in [0.2, 0.25) is 0 Å². The van der Waals surface area contributed by atoms with Crippen LogP contribution in [0.3, 0.4) is 0 Å². The van der Waals surface area contributed by atoms with E-state index in [9.17, 15) is 9.59 Å². The van der Waals surface area contributed by atoms with Crippen LogP contribution in [0.15, 0.2) is 6.20 Å². The molecule has 0 fully saturated rings. The number of nitrogens with one attached hydrogen (secondary N) is 1. The lowest BCUT2D eigenvalue weighted by atomic mass is 10.2. The number of rotatable bonds is 7. The zero-order valence-electron chi connectivity index (χ0n) is 9.73. The summed E-state index contributed by atoms with van der Waals surface area (Å²) in [7, 11) is 0. The second-order valence-corrected chi connectivity index (χ2v) is 5.06. The number of aliphatic carboxylic acids is 1. The van der Waals surface area contributed by atoms with Crippen LogP contribution >= 0.6 is 11.3 Å². The van der Waals surface area contributed by atoms with Crippen LogP contribution in [0.4, 0.5) is 0 Å². The topological polar surface area (TPSA) is 79.3 Å². The number of carboxylic acid groups (broad SMARTS) is 1. The van der Waals surface area contributed by atoms with Crippen LogP contribution < -0.4 is 5.32 Å². The van der Waals surface area contributed by atoms with Crippen molar-refractivity contribution >= 4 is 23.2 Å². The Morgan fingerprint density at radius 3 is 2.71 bits per heavy atom. The summed E-state index contributed by atoms with van der Waals surface area (Å²) in [5.41, 5.74) is 0. The molecule has 0 saturated carbocycles. The van der Waals surface area contributed by atoms with E-state index >= 15 is 0 Å². The van der Waals surface area contributed by atoms with Gasteiger partial charge in [-0.05, 0) is 19.8 Å². The number of carbonyl (C=O) groups excluding carboxylic acids is 1. The highest BCUT2D eigenvalue weighted by molar-refractivity contribution is 7.11. The van der Waals surface area contributed by atoms with Gasteiger partial charge in [0.05, 0.1) is 6.54 Å². The van der Waals surface area contributed by atoms with Gasteiger partial charge in [0.1, 0.15) is 5.01 Å². The summed E-state index contributed by atoms with van der Waals surface area (Å²) in [5, 5.41) is 12.1. The third-order valence-corrected chi connectivity index (χ3v) is 3.06. The molecule has 5 nitrogen and oxygen atoms in total. The number of nitrogens with zero attached hydrogens (tertiary/aromatic N) is 1. The van der Waals surface area contributed by atoms with Gasteiger partial charge in [-0.25, -0.2) is 4.98 Å². The summed E-state index contributed by atoms with van der Waals surface area (Å²) in [5.74, 6) is -0.869. The molecule has 2 N–H and O–H groups in total.